The van der Waals surface area contributed by atoms with E-state index in [9.17, 15) is 4.79 Å². The predicted octanol–water partition coefficient (Wildman–Crippen LogP) is 4.43. The van der Waals surface area contributed by atoms with Crippen LogP contribution in [0.25, 0.3) is 10.2 Å². The van der Waals surface area contributed by atoms with E-state index in [0.717, 1.165) is 53.7 Å². The second-order valence-electron chi connectivity index (χ2n) is 6.97. The van der Waals surface area contributed by atoms with Crippen LogP contribution in [0, 0.1) is 0 Å². The van der Waals surface area contributed by atoms with Gasteiger partial charge in [0.1, 0.15) is 5.75 Å². The molecule has 0 aliphatic carbocycles. The van der Waals surface area contributed by atoms with Crippen molar-refractivity contribution < 1.29 is 14.3 Å². The minimum absolute atomic E-state index is 0. The van der Waals surface area contributed by atoms with E-state index in [2.05, 4.69) is 4.90 Å². The molecule has 0 radical (unpaired) electrons. The molecule has 6 nitrogen and oxygen atoms in total. The molecule has 0 spiro atoms. The number of ether oxygens (including phenoxy) is 2. The van der Waals surface area contributed by atoms with Gasteiger partial charge in [-0.25, -0.2) is 4.98 Å². The first-order chi connectivity index (χ1) is 14.7. The average molecular weight is 480 g/mol. The van der Waals surface area contributed by atoms with E-state index in [-0.39, 0.29) is 18.3 Å². The number of thioether (sulfide) groups is 1. The minimum Gasteiger partial charge on any atom is -0.497 e. The summed E-state index contributed by atoms with van der Waals surface area (Å²) >= 11 is 3.17. The summed E-state index contributed by atoms with van der Waals surface area (Å²) in [5.41, 5.74) is 1.53. The van der Waals surface area contributed by atoms with Crippen molar-refractivity contribution in [2.75, 3.05) is 57.7 Å². The van der Waals surface area contributed by atoms with Gasteiger partial charge >= 0.3 is 0 Å². The molecule has 1 aliphatic rings. The van der Waals surface area contributed by atoms with Gasteiger partial charge in [0.15, 0.2) is 5.13 Å². The molecule has 9 heteroatoms. The molecule has 0 unspecified atom stereocenters. The van der Waals surface area contributed by atoms with Gasteiger partial charge in [-0.1, -0.05) is 17.4 Å². The lowest BCUT2D eigenvalue weighted by Gasteiger charge is -2.29. The van der Waals surface area contributed by atoms with Gasteiger partial charge in [0, 0.05) is 42.7 Å². The molecule has 1 amide bonds. The third kappa shape index (κ3) is 5.70. The van der Waals surface area contributed by atoms with Crippen LogP contribution in [0.5, 0.6) is 5.75 Å². The summed E-state index contributed by atoms with van der Waals surface area (Å²) in [6.45, 7) is 4.63. The van der Waals surface area contributed by atoms with Crippen molar-refractivity contribution in [3.63, 3.8) is 0 Å². The highest BCUT2D eigenvalue weighted by Crippen LogP contribution is 2.32. The largest absolute Gasteiger partial charge is 0.497 e. The number of carbonyl (C=O) groups excluding carboxylic acids is 1. The monoisotopic (exact) mass is 479 g/mol. The lowest BCUT2D eigenvalue weighted by Crippen LogP contribution is -2.43. The van der Waals surface area contributed by atoms with Gasteiger partial charge in [0.2, 0.25) is 0 Å². The first kappa shape index (κ1) is 23.8. The van der Waals surface area contributed by atoms with Gasteiger partial charge in [-0.15, -0.1) is 24.2 Å². The van der Waals surface area contributed by atoms with E-state index < -0.39 is 0 Å². The van der Waals surface area contributed by atoms with E-state index in [1.807, 2.05) is 53.6 Å². The summed E-state index contributed by atoms with van der Waals surface area (Å²) < 4.78 is 11.8. The van der Waals surface area contributed by atoms with Crippen LogP contribution in [0.15, 0.2) is 47.4 Å². The van der Waals surface area contributed by atoms with Gasteiger partial charge < -0.3 is 9.47 Å². The highest BCUT2D eigenvalue weighted by Gasteiger charge is 2.23. The third-order valence-electron chi connectivity index (χ3n) is 5.12. The smallest absolute Gasteiger partial charge is 0.260 e. The topological polar surface area (TPSA) is 54.9 Å². The maximum Gasteiger partial charge on any atom is 0.260 e. The summed E-state index contributed by atoms with van der Waals surface area (Å²) in [4.78, 5) is 23.5. The molecule has 31 heavy (non-hydrogen) atoms. The number of anilines is 1. The van der Waals surface area contributed by atoms with Crippen LogP contribution in [-0.2, 0) is 4.74 Å². The summed E-state index contributed by atoms with van der Waals surface area (Å²) in [6, 6.07) is 13.6. The number of rotatable bonds is 7. The number of hydrogen-bond donors (Lipinski definition) is 0. The van der Waals surface area contributed by atoms with Crippen LogP contribution in [0.3, 0.4) is 0 Å². The van der Waals surface area contributed by atoms with E-state index >= 15 is 0 Å². The molecule has 1 saturated heterocycles. The molecule has 4 rings (SSSR count). The zero-order valence-electron chi connectivity index (χ0n) is 17.6. The summed E-state index contributed by atoms with van der Waals surface area (Å²) in [5.74, 6) is 0.739. The van der Waals surface area contributed by atoms with Gasteiger partial charge in [0.05, 0.1) is 30.5 Å². The van der Waals surface area contributed by atoms with Gasteiger partial charge in [-0.3, -0.25) is 14.6 Å². The van der Waals surface area contributed by atoms with Crippen molar-refractivity contribution in [3.05, 3.63) is 48.0 Å². The molecule has 1 aliphatic heterocycles. The lowest BCUT2D eigenvalue weighted by atomic mass is 10.2. The third-order valence-corrected chi connectivity index (χ3v) is 6.90. The molecule has 166 valence electrons. The number of hydrogen-bond acceptors (Lipinski definition) is 7. The van der Waals surface area contributed by atoms with Crippen LogP contribution in [0.4, 0.5) is 5.13 Å². The van der Waals surface area contributed by atoms with Crippen molar-refractivity contribution in [3.8, 4) is 5.75 Å². The molecule has 2 aromatic carbocycles. The van der Waals surface area contributed by atoms with Crippen molar-refractivity contribution >= 4 is 56.8 Å². The minimum atomic E-state index is -0.0230. The maximum atomic E-state index is 13.5. The fourth-order valence-electron chi connectivity index (χ4n) is 3.40. The number of morpholine rings is 1. The molecule has 3 aromatic rings. The van der Waals surface area contributed by atoms with Gasteiger partial charge in [-0.2, -0.15) is 0 Å². The predicted molar refractivity (Wildman–Crippen MR) is 131 cm³/mol. The fraction of sp³-hybridized carbons (Fsp3) is 0.364. The van der Waals surface area contributed by atoms with Gasteiger partial charge in [-0.05, 0) is 36.6 Å². The molecule has 0 saturated carbocycles. The van der Waals surface area contributed by atoms with E-state index in [1.165, 1.54) is 11.3 Å². The van der Waals surface area contributed by atoms with Gasteiger partial charge in [0.25, 0.3) is 5.91 Å². The Hall–Kier alpha value is -1.84. The second kappa shape index (κ2) is 11.2. The van der Waals surface area contributed by atoms with E-state index in [1.54, 1.807) is 18.9 Å². The number of nitrogens with zero attached hydrogens (tertiary/aromatic N) is 3. The number of halogens is 1. The Morgan fingerprint density at radius 1 is 1.26 bits per heavy atom. The summed E-state index contributed by atoms with van der Waals surface area (Å²) in [5, 5.41) is 0.714. The number of amides is 1. The van der Waals surface area contributed by atoms with Crippen LogP contribution in [0.1, 0.15) is 10.4 Å². The van der Waals surface area contributed by atoms with E-state index in [0.29, 0.717) is 17.2 Å². The van der Waals surface area contributed by atoms with Crippen molar-refractivity contribution in [2.45, 2.75) is 4.90 Å². The van der Waals surface area contributed by atoms with Crippen molar-refractivity contribution in [1.29, 1.82) is 0 Å². The first-order valence-electron chi connectivity index (χ1n) is 9.88. The van der Waals surface area contributed by atoms with Crippen molar-refractivity contribution in [2.24, 2.45) is 0 Å². The first-order valence-corrected chi connectivity index (χ1v) is 11.9. The molecular formula is C22H26ClN3O3S2. The zero-order chi connectivity index (χ0) is 20.9. The van der Waals surface area contributed by atoms with Crippen molar-refractivity contribution in [1.82, 2.24) is 9.88 Å². The Bertz CT molecular complexity index is 1020. The van der Waals surface area contributed by atoms with E-state index in [4.69, 9.17) is 14.5 Å². The Balaban J connectivity index is 0.00000272. The zero-order valence-corrected chi connectivity index (χ0v) is 20.0. The number of fused-ring (bicyclic) bond motifs is 1. The Kier molecular flexibility index (Phi) is 8.57. The standard InChI is InChI=1S/C22H25N3O3S2.ClH/c1-27-17-6-7-20-19(15-17)23-22(30-20)25(9-8-24-10-12-28-13-11-24)21(26)16-4-3-5-18(14-16)29-2;/h3-7,14-15H,8-13H2,1-2H3;1H. The number of carbonyl (C=O) groups is 1. The van der Waals surface area contributed by atoms with Crippen LogP contribution in [0.2, 0.25) is 0 Å². The molecular weight excluding hydrogens is 454 g/mol. The Morgan fingerprint density at radius 3 is 2.81 bits per heavy atom. The summed E-state index contributed by atoms with van der Waals surface area (Å²) in [6.07, 6.45) is 2.01. The number of thiazole rings is 1. The molecule has 0 atom stereocenters. The average Bonchev–Trinajstić information content (AvgIpc) is 3.22. The molecule has 1 fully saturated rings. The molecule has 0 bridgehead atoms. The summed E-state index contributed by atoms with van der Waals surface area (Å²) in [7, 11) is 1.64. The molecule has 2 heterocycles. The normalized spacial score (nSPS) is 14.3. The fourth-order valence-corrected chi connectivity index (χ4v) is 4.83. The Labute approximate surface area is 196 Å². The Morgan fingerprint density at radius 2 is 2.06 bits per heavy atom. The van der Waals surface area contributed by atoms with Crippen LogP contribution in [-0.4, -0.2) is 68.5 Å². The van der Waals surface area contributed by atoms with Crippen LogP contribution >= 0.6 is 35.5 Å². The number of methoxy groups -OCH3 is 1. The maximum absolute atomic E-state index is 13.5. The SMILES string of the molecule is COc1ccc2sc(N(CCN3CCOCC3)C(=O)c3cccc(SC)c3)nc2c1.Cl. The highest BCUT2D eigenvalue weighted by atomic mass is 35.5. The number of aromatic nitrogens is 1. The highest BCUT2D eigenvalue weighted by molar-refractivity contribution is 7.98. The van der Waals surface area contributed by atoms with Crippen LogP contribution < -0.4 is 9.64 Å². The molecule has 0 N–H and O–H groups in total. The molecule has 1 aromatic heterocycles. The number of benzene rings is 2. The quantitative estimate of drug-likeness (QED) is 0.467. The second-order valence-corrected chi connectivity index (χ2v) is 8.86. The lowest BCUT2D eigenvalue weighted by molar-refractivity contribution is 0.0391.